The molecule has 0 radical (unpaired) electrons. The number of nitrogens with zero attached hydrogens (tertiary/aromatic N) is 1. The number of anilines is 1. The summed E-state index contributed by atoms with van der Waals surface area (Å²) in [5.41, 5.74) is 5.69. The number of benzene rings is 1. The van der Waals surface area contributed by atoms with Gasteiger partial charge in [0.05, 0.1) is 0 Å². The van der Waals surface area contributed by atoms with Gasteiger partial charge in [0, 0.05) is 23.2 Å². The van der Waals surface area contributed by atoms with Gasteiger partial charge in [0.1, 0.15) is 10.7 Å². The number of halogens is 1. The van der Waals surface area contributed by atoms with Gasteiger partial charge in [0.15, 0.2) is 0 Å². The Bertz CT molecular complexity index is 740. The van der Waals surface area contributed by atoms with Gasteiger partial charge in [-0.1, -0.05) is 6.07 Å². The zero-order valence-corrected chi connectivity index (χ0v) is 12.8. The molecule has 0 bridgehead atoms. The quantitative estimate of drug-likeness (QED) is 0.859. The minimum absolute atomic E-state index is 0.0333. The average Bonchev–Trinajstić information content (AvgIpc) is 3.11. The molecule has 1 aliphatic carbocycles. The summed E-state index contributed by atoms with van der Waals surface area (Å²) in [6, 6.07) is 7.42. The first-order valence-corrected chi connectivity index (χ1v) is 8.90. The van der Waals surface area contributed by atoms with Crippen molar-refractivity contribution in [1.82, 2.24) is 4.31 Å². The summed E-state index contributed by atoms with van der Waals surface area (Å²) >= 11 is 1.49. The molecule has 3 rings (SSSR count). The third-order valence-corrected chi connectivity index (χ3v) is 6.18. The van der Waals surface area contributed by atoms with E-state index in [-0.39, 0.29) is 23.2 Å². The van der Waals surface area contributed by atoms with Crippen LogP contribution in [0.15, 0.2) is 40.6 Å². The first kappa shape index (κ1) is 14.5. The molecule has 0 amide bonds. The number of rotatable bonds is 5. The average molecular weight is 326 g/mol. The standard InChI is InChI=1S/C14H15FN2O2S2/c15-13-8-10(16)3-6-14(13)21(18,19)17(11-4-5-11)9-12-2-1-7-20-12/h1-3,6-8,11H,4-5,9,16H2. The molecule has 1 heterocycles. The van der Waals surface area contributed by atoms with Gasteiger partial charge in [-0.3, -0.25) is 0 Å². The minimum atomic E-state index is -3.85. The van der Waals surface area contributed by atoms with E-state index in [4.69, 9.17) is 5.73 Å². The Morgan fingerprint density at radius 3 is 2.67 bits per heavy atom. The normalized spacial score (nSPS) is 15.5. The van der Waals surface area contributed by atoms with Crippen LogP contribution >= 0.6 is 11.3 Å². The van der Waals surface area contributed by atoms with Crippen LogP contribution in [0.3, 0.4) is 0 Å². The molecular weight excluding hydrogens is 311 g/mol. The van der Waals surface area contributed by atoms with Crippen LogP contribution in [0.5, 0.6) is 0 Å². The first-order chi connectivity index (χ1) is 9.98. The molecule has 2 aromatic rings. The number of hydrogen-bond donors (Lipinski definition) is 1. The van der Waals surface area contributed by atoms with Gasteiger partial charge in [0.25, 0.3) is 0 Å². The van der Waals surface area contributed by atoms with E-state index in [0.717, 1.165) is 23.8 Å². The highest BCUT2D eigenvalue weighted by atomic mass is 32.2. The van der Waals surface area contributed by atoms with Crippen molar-refractivity contribution in [3.8, 4) is 0 Å². The highest BCUT2D eigenvalue weighted by Crippen LogP contribution is 2.35. The molecule has 0 saturated heterocycles. The van der Waals surface area contributed by atoms with Gasteiger partial charge in [0.2, 0.25) is 10.0 Å². The Morgan fingerprint density at radius 2 is 2.10 bits per heavy atom. The second-order valence-electron chi connectivity index (χ2n) is 5.05. The molecular formula is C14H15FN2O2S2. The van der Waals surface area contributed by atoms with Gasteiger partial charge < -0.3 is 5.73 Å². The van der Waals surface area contributed by atoms with Crippen LogP contribution in [0.2, 0.25) is 0 Å². The van der Waals surface area contributed by atoms with Crippen LogP contribution < -0.4 is 5.73 Å². The highest BCUT2D eigenvalue weighted by molar-refractivity contribution is 7.89. The van der Waals surface area contributed by atoms with E-state index in [1.807, 2.05) is 17.5 Å². The Hall–Kier alpha value is -1.44. The summed E-state index contributed by atoms with van der Waals surface area (Å²) in [6.45, 7) is 0.286. The molecule has 4 nitrogen and oxygen atoms in total. The SMILES string of the molecule is Nc1ccc(S(=O)(=O)N(Cc2cccs2)C2CC2)c(F)c1. The third-order valence-electron chi connectivity index (χ3n) is 3.39. The molecule has 112 valence electrons. The summed E-state index contributed by atoms with van der Waals surface area (Å²) in [7, 11) is -3.85. The fourth-order valence-corrected chi connectivity index (χ4v) is 4.68. The third kappa shape index (κ3) is 2.95. The molecule has 1 aromatic heterocycles. The maximum atomic E-state index is 14.0. The zero-order chi connectivity index (χ0) is 15.0. The number of thiophene rings is 1. The van der Waals surface area contributed by atoms with Crippen LogP contribution in [0.1, 0.15) is 17.7 Å². The van der Waals surface area contributed by atoms with Crippen molar-refractivity contribution < 1.29 is 12.8 Å². The lowest BCUT2D eigenvalue weighted by Gasteiger charge is -2.21. The number of nitrogen functional groups attached to an aromatic ring is 1. The number of sulfonamides is 1. The van der Waals surface area contributed by atoms with Crippen molar-refractivity contribution in [2.24, 2.45) is 0 Å². The van der Waals surface area contributed by atoms with Crippen molar-refractivity contribution in [3.63, 3.8) is 0 Å². The van der Waals surface area contributed by atoms with Gasteiger partial charge in [-0.2, -0.15) is 4.31 Å². The molecule has 0 spiro atoms. The topological polar surface area (TPSA) is 63.4 Å². The maximum Gasteiger partial charge on any atom is 0.246 e. The zero-order valence-electron chi connectivity index (χ0n) is 11.2. The van der Waals surface area contributed by atoms with Gasteiger partial charge in [-0.15, -0.1) is 11.3 Å². The second-order valence-corrected chi connectivity index (χ2v) is 7.94. The highest BCUT2D eigenvalue weighted by Gasteiger charge is 2.39. The lowest BCUT2D eigenvalue weighted by molar-refractivity contribution is 0.398. The molecule has 2 N–H and O–H groups in total. The van der Waals surface area contributed by atoms with Crippen molar-refractivity contribution in [1.29, 1.82) is 0 Å². The predicted molar refractivity (Wildman–Crippen MR) is 80.9 cm³/mol. The monoisotopic (exact) mass is 326 g/mol. The Kier molecular flexibility index (Phi) is 3.73. The molecule has 1 aliphatic rings. The molecule has 21 heavy (non-hydrogen) atoms. The fourth-order valence-electron chi connectivity index (χ4n) is 2.18. The van der Waals surface area contributed by atoms with Gasteiger partial charge in [-0.05, 0) is 42.5 Å². The van der Waals surface area contributed by atoms with Crippen LogP contribution in [-0.2, 0) is 16.6 Å². The van der Waals surface area contributed by atoms with Crippen LogP contribution in [-0.4, -0.2) is 18.8 Å². The van der Waals surface area contributed by atoms with E-state index in [1.165, 1.54) is 27.8 Å². The van der Waals surface area contributed by atoms with E-state index in [0.29, 0.717) is 0 Å². The second kappa shape index (κ2) is 5.40. The van der Waals surface area contributed by atoms with Crippen LogP contribution in [0, 0.1) is 5.82 Å². The Morgan fingerprint density at radius 1 is 1.33 bits per heavy atom. The van der Waals surface area contributed by atoms with E-state index in [1.54, 1.807) is 0 Å². The van der Waals surface area contributed by atoms with Crippen molar-refractivity contribution >= 4 is 27.0 Å². The minimum Gasteiger partial charge on any atom is -0.399 e. The van der Waals surface area contributed by atoms with E-state index >= 15 is 0 Å². The summed E-state index contributed by atoms with van der Waals surface area (Å²) in [6.07, 6.45) is 1.64. The Labute approximate surface area is 127 Å². The molecule has 0 unspecified atom stereocenters. The molecule has 1 saturated carbocycles. The first-order valence-electron chi connectivity index (χ1n) is 6.58. The molecule has 0 aliphatic heterocycles. The van der Waals surface area contributed by atoms with Crippen LogP contribution in [0.25, 0.3) is 0 Å². The van der Waals surface area contributed by atoms with E-state index in [9.17, 15) is 12.8 Å². The number of nitrogens with two attached hydrogens (primary N) is 1. The summed E-state index contributed by atoms with van der Waals surface area (Å²) < 4.78 is 40.8. The van der Waals surface area contributed by atoms with Crippen molar-refractivity contribution in [2.75, 3.05) is 5.73 Å². The van der Waals surface area contributed by atoms with E-state index in [2.05, 4.69) is 0 Å². The van der Waals surface area contributed by atoms with Crippen LogP contribution in [0.4, 0.5) is 10.1 Å². The molecule has 1 aromatic carbocycles. The summed E-state index contributed by atoms with van der Waals surface area (Å²) in [5.74, 6) is -0.799. The maximum absolute atomic E-state index is 14.0. The van der Waals surface area contributed by atoms with Crippen molar-refractivity contribution in [2.45, 2.75) is 30.3 Å². The largest absolute Gasteiger partial charge is 0.399 e. The lowest BCUT2D eigenvalue weighted by atomic mass is 10.3. The number of hydrogen-bond acceptors (Lipinski definition) is 4. The summed E-state index contributed by atoms with van der Waals surface area (Å²) in [5, 5.41) is 1.90. The molecule has 0 atom stereocenters. The fraction of sp³-hybridized carbons (Fsp3) is 0.286. The Balaban J connectivity index is 1.97. The van der Waals surface area contributed by atoms with Crippen molar-refractivity contribution in [3.05, 3.63) is 46.4 Å². The molecule has 7 heteroatoms. The smallest absolute Gasteiger partial charge is 0.246 e. The molecule has 1 fully saturated rings. The lowest BCUT2D eigenvalue weighted by Crippen LogP contribution is -2.33. The van der Waals surface area contributed by atoms with E-state index < -0.39 is 15.8 Å². The summed E-state index contributed by atoms with van der Waals surface area (Å²) in [4.78, 5) is 0.640. The van der Waals surface area contributed by atoms with Gasteiger partial charge in [-0.25, -0.2) is 12.8 Å². The van der Waals surface area contributed by atoms with Gasteiger partial charge >= 0.3 is 0 Å². The predicted octanol–water partition coefficient (Wildman–Crippen LogP) is 2.82.